The van der Waals surface area contributed by atoms with Crippen molar-refractivity contribution in [1.82, 2.24) is 0 Å². The fraction of sp³-hybridized carbons (Fsp3) is 0. The summed E-state index contributed by atoms with van der Waals surface area (Å²) in [6.45, 7) is 0. The summed E-state index contributed by atoms with van der Waals surface area (Å²) in [6.07, 6.45) is 0. The third kappa shape index (κ3) is 5.61. The van der Waals surface area contributed by atoms with Gasteiger partial charge in [0.1, 0.15) is 11.4 Å². The SMILES string of the molecule is NNc1ccccc1.Oc1ccccc1N=Nc1ccccc1. The van der Waals surface area contributed by atoms with Crippen LogP contribution in [0.5, 0.6) is 5.75 Å². The molecule has 0 spiro atoms. The summed E-state index contributed by atoms with van der Waals surface area (Å²) in [5.74, 6) is 5.24. The monoisotopic (exact) mass is 306 g/mol. The molecule has 3 aromatic rings. The number of rotatable bonds is 3. The number of nitrogens with one attached hydrogen (secondary N) is 1. The van der Waals surface area contributed by atoms with Gasteiger partial charge in [-0.1, -0.05) is 48.5 Å². The first kappa shape index (κ1) is 16.2. The van der Waals surface area contributed by atoms with Gasteiger partial charge in [-0.2, -0.15) is 5.11 Å². The first-order valence-corrected chi connectivity index (χ1v) is 7.06. The van der Waals surface area contributed by atoms with Crippen molar-refractivity contribution in [1.29, 1.82) is 0 Å². The molecule has 0 fully saturated rings. The van der Waals surface area contributed by atoms with Crippen LogP contribution in [0.3, 0.4) is 0 Å². The normalized spacial score (nSPS) is 9.96. The van der Waals surface area contributed by atoms with Crippen molar-refractivity contribution in [3.63, 3.8) is 0 Å². The van der Waals surface area contributed by atoms with Gasteiger partial charge in [-0.15, -0.1) is 5.11 Å². The molecule has 0 saturated heterocycles. The van der Waals surface area contributed by atoms with Crippen molar-refractivity contribution >= 4 is 17.1 Å². The van der Waals surface area contributed by atoms with E-state index in [1.54, 1.807) is 24.3 Å². The highest BCUT2D eigenvalue weighted by Gasteiger charge is 1.95. The molecule has 0 unspecified atom stereocenters. The Kier molecular flexibility index (Phi) is 6.31. The number of aromatic hydroxyl groups is 1. The zero-order valence-electron chi connectivity index (χ0n) is 12.5. The van der Waals surface area contributed by atoms with E-state index in [0.29, 0.717) is 5.69 Å². The summed E-state index contributed by atoms with van der Waals surface area (Å²) in [7, 11) is 0. The van der Waals surface area contributed by atoms with Gasteiger partial charge < -0.3 is 10.5 Å². The van der Waals surface area contributed by atoms with Crippen LogP contribution >= 0.6 is 0 Å². The van der Waals surface area contributed by atoms with Crippen molar-refractivity contribution in [3.05, 3.63) is 84.9 Å². The van der Waals surface area contributed by atoms with Crippen LogP contribution in [0.25, 0.3) is 0 Å². The predicted molar refractivity (Wildman–Crippen MR) is 93.0 cm³/mol. The van der Waals surface area contributed by atoms with Crippen LogP contribution in [0.1, 0.15) is 0 Å². The lowest BCUT2D eigenvalue weighted by Gasteiger charge is -1.95. The minimum Gasteiger partial charge on any atom is -0.506 e. The zero-order chi connectivity index (χ0) is 16.3. The maximum atomic E-state index is 9.43. The van der Waals surface area contributed by atoms with Crippen LogP contribution in [0.4, 0.5) is 17.1 Å². The molecule has 0 saturated carbocycles. The summed E-state index contributed by atoms with van der Waals surface area (Å²) >= 11 is 0. The number of phenolic OH excluding ortho intramolecular Hbond substituents is 1. The summed E-state index contributed by atoms with van der Waals surface area (Å²) < 4.78 is 0. The van der Waals surface area contributed by atoms with Gasteiger partial charge in [0.15, 0.2) is 0 Å². The van der Waals surface area contributed by atoms with Crippen LogP contribution < -0.4 is 11.3 Å². The minimum absolute atomic E-state index is 0.136. The molecule has 5 nitrogen and oxygen atoms in total. The number of hydrazine groups is 1. The number of phenols is 1. The summed E-state index contributed by atoms with van der Waals surface area (Å²) in [5.41, 5.74) is 4.70. The number of hydrogen-bond acceptors (Lipinski definition) is 5. The molecular weight excluding hydrogens is 288 g/mol. The van der Waals surface area contributed by atoms with Gasteiger partial charge in [0, 0.05) is 5.69 Å². The fourth-order valence-electron chi connectivity index (χ4n) is 1.69. The lowest BCUT2D eigenvalue weighted by atomic mass is 10.3. The average Bonchev–Trinajstić information content (AvgIpc) is 2.63. The second kappa shape index (κ2) is 8.96. The topological polar surface area (TPSA) is 83.0 Å². The fourth-order valence-corrected chi connectivity index (χ4v) is 1.69. The number of nitrogen functional groups attached to an aromatic ring is 1. The number of benzene rings is 3. The van der Waals surface area contributed by atoms with Gasteiger partial charge in [-0.25, -0.2) is 0 Å². The predicted octanol–water partition coefficient (Wildman–Crippen LogP) is 4.78. The quantitative estimate of drug-likeness (QED) is 0.370. The molecule has 0 aliphatic rings. The largest absolute Gasteiger partial charge is 0.506 e. The molecule has 5 heteroatoms. The van der Waals surface area contributed by atoms with E-state index in [1.807, 2.05) is 60.7 Å². The minimum atomic E-state index is 0.136. The second-order valence-electron chi connectivity index (χ2n) is 4.53. The molecule has 23 heavy (non-hydrogen) atoms. The van der Waals surface area contributed by atoms with Gasteiger partial charge >= 0.3 is 0 Å². The number of anilines is 1. The molecular formula is C18H18N4O. The number of azo groups is 1. The maximum Gasteiger partial charge on any atom is 0.143 e. The molecule has 3 rings (SSSR count). The van der Waals surface area contributed by atoms with Crippen molar-refractivity contribution in [2.75, 3.05) is 5.43 Å². The lowest BCUT2D eigenvalue weighted by molar-refractivity contribution is 0.476. The smallest absolute Gasteiger partial charge is 0.143 e. The number of nitrogens with two attached hydrogens (primary N) is 1. The van der Waals surface area contributed by atoms with E-state index < -0.39 is 0 Å². The third-order valence-corrected chi connectivity index (χ3v) is 2.85. The molecule has 0 aliphatic heterocycles. The summed E-state index contributed by atoms with van der Waals surface area (Å²) in [5, 5.41) is 17.4. The van der Waals surface area contributed by atoms with E-state index in [1.165, 1.54) is 0 Å². The molecule has 0 heterocycles. The standard InChI is InChI=1S/C12H10N2O.C6H8N2/c15-12-9-5-4-8-11(12)14-13-10-6-2-1-3-7-10;7-8-6-4-2-1-3-5-6/h1-9,15H;1-5,8H,7H2. The first-order chi connectivity index (χ1) is 11.3. The van der Waals surface area contributed by atoms with Crippen LogP contribution in [0, 0.1) is 0 Å². The Bertz CT molecular complexity index is 730. The number of hydrogen-bond donors (Lipinski definition) is 3. The molecule has 0 amide bonds. The van der Waals surface area contributed by atoms with E-state index in [9.17, 15) is 5.11 Å². The molecule has 0 aliphatic carbocycles. The van der Waals surface area contributed by atoms with E-state index in [4.69, 9.17) is 5.84 Å². The van der Waals surface area contributed by atoms with Gasteiger partial charge in [0.05, 0.1) is 5.69 Å². The molecule has 0 aromatic heterocycles. The third-order valence-electron chi connectivity index (χ3n) is 2.85. The lowest BCUT2D eigenvalue weighted by Crippen LogP contribution is -2.05. The van der Waals surface area contributed by atoms with E-state index in [2.05, 4.69) is 15.7 Å². The number of nitrogens with zero attached hydrogens (tertiary/aromatic N) is 2. The molecule has 0 atom stereocenters. The Morgan fingerprint density at radius 1 is 0.696 bits per heavy atom. The highest BCUT2D eigenvalue weighted by molar-refractivity contribution is 5.50. The Labute approximate surface area is 135 Å². The van der Waals surface area contributed by atoms with E-state index >= 15 is 0 Å². The zero-order valence-corrected chi connectivity index (χ0v) is 12.5. The molecule has 0 bridgehead atoms. The molecule has 4 N–H and O–H groups in total. The second-order valence-corrected chi connectivity index (χ2v) is 4.53. The van der Waals surface area contributed by atoms with Crippen molar-refractivity contribution < 1.29 is 5.11 Å². The molecule has 116 valence electrons. The molecule has 3 aromatic carbocycles. The highest BCUT2D eigenvalue weighted by atomic mass is 16.3. The van der Waals surface area contributed by atoms with E-state index in [-0.39, 0.29) is 5.75 Å². The van der Waals surface area contributed by atoms with Crippen molar-refractivity contribution in [2.24, 2.45) is 16.1 Å². The first-order valence-electron chi connectivity index (χ1n) is 7.06. The van der Waals surface area contributed by atoms with Crippen LogP contribution in [0.15, 0.2) is 95.2 Å². The Balaban J connectivity index is 0.000000203. The van der Waals surface area contributed by atoms with Crippen LogP contribution in [-0.4, -0.2) is 5.11 Å². The van der Waals surface area contributed by atoms with Crippen LogP contribution in [-0.2, 0) is 0 Å². The van der Waals surface area contributed by atoms with Gasteiger partial charge in [0.2, 0.25) is 0 Å². The van der Waals surface area contributed by atoms with Crippen molar-refractivity contribution in [3.8, 4) is 5.75 Å². The average molecular weight is 306 g/mol. The van der Waals surface area contributed by atoms with Crippen LogP contribution in [0.2, 0.25) is 0 Å². The Hall–Kier alpha value is -3.18. The summed E-state index contributed by atoms with van der Waals surface area (Å²) in [6, 6.07) is 25.8. The summed E-state index contributed by atoms with van der Waals surface area (Å²) in [4.78, 5) is 0. The maximum absolute atomic E-state index is 9.43. The van der Waals surface area contributed by atoms with Gasteiger partial charge in [-0.3, -0.25) is 5.84 Å². The van der Waals surface area contributed by atoms with Crippen molar-refractivity contribution in [2.45, 2.75) is 0 Å². The van der Waals surface area contributed by atoms with Gasteiger partial charge in [0.25, 0.3) is 0 Å². The Morgan fingerprint density at radius 3 is 1.83 bits per heavy atom. The highest BCUT2D eigenvalue weighted by Crippen LogP contribution is 2.26. The molecule has 0 radical (unpaired) electrons. The van der Waals surface area contributed by atoms with E-state index in [0.717, 1.165) is 11.4 Å². The van der Waals surface area contributed by atoms with Gasteiger partial charge in [-0.05, 0) is 36.4 Å². The number of para-hydroxylation sites is 2. The Morgan fingerprint density at radius 2 is 1.26 bits per heavy atom.